The van der Waals surface area contributed by atoms with Crippen molar-refractivity contribution in [3.05, 3.63) is 35.4 Å². The van der Waals surface area contributed by atoms with Crippen LogP contribution in [0.1, 0.15) is 50.4 Å². The Morgan fingerprint density at radius 3 is 2.41 bits per heavy atom. The summed E-state index contributed by atoms with van der Waals surface area (Å²) in [6.45, 7) is 8.25. The van der Waals surface area contributed by atoms with Crippen LogP contribution in [0.2, 0.25) is 0 Å². The number of rotatable bonds is 3. The Labute approximate surface area is 186 Å². The molecule has 2 unspecified atom stereocenters. The number of hydrogen-bond acceptors (Lipinski definition) is 4. The number of halogens is 2. The molecule has 1 aromatic rings. The van der Waals surface area contributed by atoms with E-state index in [1.54, 1.807) is 4.90 Å². The summed E-state index contributed by atoms with van der Waals surface area (Å²) in [4.78, 5) is 43.4. The molecule has 3 aliphatic rings. The van der Waals surface area contributed by atoms with Crippen molar-refractivity contribution in [2.45, 2.75) is 45.6 Å². The van der Waals surface area contributed by atoms with Gasteiger partial charge in [0.25, 0.3) is 11.8 Å². The SMILES string of the molecule is CC1CC(C)(C)CC2(C1)NC(=O)N(CN1CCN(C(=O)c3ccc(F)c(F)c3)CC1)C2=O. The Kier molecular flexibility index (Phi) is 5.73. The maximum atomic E-state index is 13.5. The van der Waals surface area contributed by atoms with E-state index in [2.05, 4.69) is 26.1 Å². The van der Waals surface area contributed by atoms with Crippen molar-refractivity contribution in [1.29, 1.82) is 0 Å². The summed E-state index contributed by atoms with van der Waals surface area (Å²) in [5.74, 6) is -2.23. The van der Waals surface area contributed by atoms with Crippen LogP contribution < -0.4 is 5.32 Å². The fourth-order valence-corrected chi connectivity index (χ4v) is 5.74. The van der Waals surface area contributed by atoms with Gasteiger partial charge in [-0.15, -0.1) is 0 Å². The molecule has 2 aliphatic heterocycles. The lowest BCUT2D eigenvalue weighted by Gasteiger charge is -2.44. The Morgan fingerprint density at radius 2 is 1.78 bits per heavy atom. The average molecular weight is 449 g/mol. The number of benzene rings is 1. The third-order valence-corrected chi connectivity index (χ3v) is 6.79. The van der Waals surface area contributed by atoms with Crippen LogP contribution in [-0.4, -0.2) is 70.9 Å². The van der Waals surface area contributed by atoms with Gasteiger partial charge in [-0.25, -0.2) is 18.5 Å². The van der Waals surface area contributed by atoms with Crippen LogP contribution in [0.5, 0.6) is 0 Å². The minimum absolute atomic E-state index is 0.0254. The highest BCUT2D eigenvalue weighted by atomic mass is 19.2. The summed E-state index contributed by atoms with van der Waals surface area (Å²) in [5, 5.41) is 2.98. The van der Waals surface area contributed by atoms with Crippen LogP contribution in [0.3, 0.4) is 0 Å². The summed E-state index contributed by atoms with van der Waals surface area (Å²) >= 11 is 0. The molecule has 2 heterocycles. The van der Waals surface area contributed by atoms with Gasteiger partial charge in [-0.1, -0.05) is 20.8 Å². The number of carbonyl (C=O) groups is 3. The summed E-state index contributed by atoms with van der Waals surface area (Å²) in [6, 6.07) is 2.76. The van der Waals surface area contributed by atoms with Crippen molar-refractivity contribution < 1.29 is 23.2 Å². The van der Waals surface area contributed by atoms with E-state index in [0.29, 0.717) is 44.9 Å². The zero-order chi connectivity index (χ0) is 23.3. The molecule has 2 atom stereocenters. The second-order valence-electron chi connectivity index (χ2n) is 10.3. The highest BCUT2D eigenvalue weighted by molar-refractivity contribution is 6.07. The summed E-state index contributed by atoms with van der Waals surface area (Å²) < 4.78 is 26.6. The normalized spacial score (nSPS) is 28.3. The second kappa shape index (κ2) is 8.10. The molecule has 32 heavy (non-hydrogen) atoms. The maximum absolute atomic E-state index is 13.5. The Bertz CT molecular complexity index is 945. The van der Waals surface area contributed by atoms with Crippen molar-refractivity contribution in [1.82, 2.24) is 20.0 Å². The largest absolute Gasteiger partial charge is 0.336 e. The molecule has 9 heteroatoms. The molecule has 1 aromatic carbocycles. The monoisotopic (exact) mass is 448 g/mol. The molecule has 1 N–H and O–H groups in total. The van der Waals surface area contributed by atoms with E-state index < -0.39 is 17.2 Å². The van der Waals surface area contributed by atoms with Gasteiger partial charge in [0.2, 0.25) is 0 Å². The molecule has 4 rings (SSSR count). The fourth-order valence-electron chi connectivity index (χ4n) is 5.74. The van der Waals surface area contributed by atoms with Gasteiger partial charge in [-0.3, -0.25) is 14.5 Å². The van der Waals surface area contributed by atoms with Crippen molar-refractivity contribution in [3.63, 3.8) is 0 Å². The van der Waals surface area contributed by atoms with Gasteiger partial charge in [0.15, 0.2) is 11.6 Å². The van der Waals surface area contributed by atoms with Crippen molar-refractivity contribution in [2.24, 2.45) is 11.3 Å². The molecule has 0 radical (unpaired) electrons. The van der Waals surface area contributed by atoms with E-state index in [-0.39, 0.29) is 35.5 Å². The third kappa shape index (κ3) is 4.22. The van der Waals surface area contributed by atoms with E-state index in [4.69, 9.17) is 0 Å². The van der Waals surface area contributed by atoms with Crippen molar-refractivity contribution >= 4 is 17.8 Å². The first-order valence-corrected chi connectivity index (χ1v) is 11.1. The minimum atomic E-state index is -1.05. The van der Waals surface area contributed by atoms with Crippen LogP contribution in [-0.2, 0) is 4.79 Å². The van der Waals surface area contributed by atoms with Gasteiger partial charge in [0.1, 0.15) is 5.54 Å². The lowest BCUT2D eigenvalue weighted by molar-refractivity contribution is -0.136. The van der Waals surface area contributed by atoms with E-state index in [9.17, 15) is 23.2 Å². The predicted molar refractivity (Wildman–Crippen MR) is 114 cm³/mol. The Balaban J connectivity index is 1.37. The first-order chi connectivity index (χ1) is 15.0. The van der Waals surface area contributed by atoms with Crippen LogP contribution in [0.4, 0.5) is 13.6 Å². The Hall–Kier alpha value is -2.55. The molecule has 1 saturated carbocycles. The van der Waals surface area contributed by atoms with Crippen molar-refractivity contribution in [2.75, 3.05) is 32.8 Å². The van der Waals surface area contributed by atoms with E-state index in [1.807, 2.05) is 4.90 Å². The second-order valence-corrected chi connectivity index (χ2v) is 10.3. The van der Waals surface area contributed by atoms with Crippen LogP contribution in [0, 0.1) is 23.0 Å². The quantitative estimate of drug-likeness (QED) is 0.722. The van der Waals surface area contributed by atoms with Gasteiger partial charge in [-0.05, 0) is 48.8 Å². The molecule has 4 amide bonds. The number of urea groups is 1. The van der Waals surface area contributed by atoms with Crippen LogP contribution in [0.15, 0.2) is 18.2 Å². The topological polar surface area (TPSA) is 73.0 Å². The van der Waals surface area contributed by atoms with Crippen molar-refractivity contribution in [3.8, 4) is 0 Å². The van der Waals surface area contributed by atoms with Crippen LogP contribution >= 0.6 is 0 Å². The lowest BCUT2D eigenvalue weighted by Crippen LogP contribution is -2.55. The van der Waals surface area contributed by atoms with E-state index >= 15 is 0 Å². The lowest BCUT2D eigenvalue weighted by atomic mass is 9.64. The smallest absolute Gasteiger partial charge is 0.326 e. The standard InChI is InChI=1S/C23H30F2N4O3/c1-15-11-22(2,3)13-23(12-15)20(31)29(21(32)26-23)14-27-6-8-28(9-7-27)19(30)16-4-5-17(24)18(25)10-16/h4-5,10,15H,6-9,11-14H2,1-3H3,(H,26,32). The molecular weight excluding hydrogens is 418 g/mol. The number of amides is 4. The van der Waals surface area contributed by atoms with Gasteiger partial charge in [0.05, 0.1) is 6.67 Å². The highest BCUT2D eigenvalue weighted by Crippen LogP contribution is 2.46. The average Bonchev–Trinajstić information content (AvgIpc) is 2.91. The molecular formula is C23H30F2N4O3. The minimum Gasteiger partial charge on any atom is -0.336 e. The molecule has 3 fully saturated rings. The maximum Gasteiger partial charge on any atom is 0.326 e. The zero-order valence-corrected chi connectivity index (χ0v) is 18.8. The molecule has 7 nitrogen and oxygen atoms in total. The number of imide groups is 1. The third-order valence-electron chi connectivity index (χ3n) is 6.79. The van der Waals surface area contributed by atoms with E-state index in [0.717, 1.165) is 18.6 Å². The van der Waals surface area contributed by atoms with Gasteiger partial charge >= 0.3 is 6.03 Å². The molecule has 1 aliphatic carbocycles. The highest BCUT2D eigenvalue weighted by Gasteiger charge is 2.56. The number of piperazine rings is 1. The summed E-state index contributed by atoms with van der Waals surface area (Å²) in [5.41, 5.74) is -0.757. The summed E-state index contributed by atoms with van der Waals surface area (Å²) in [6.07, 6.45) is 2.29. The first kappa shape index (κ1) is 22.6. The number of nitrogens with one attached hydrogen (secondary N) is 1. The van der Waals surface area contributed by atoms with Gasteiger partial charge in [0, 0.05) is 31.7 Å². The number of carbonyl (C=O) groups excluding carboxylic acids is 3. The molecule has 1 spiro atoms. The number of nitrogens with zero attached hydrogens (tertiary/aromatic N) is 3. The molecule has 0 bridgehead atoms. The first-order valence-electron chi connectivity index (χ1n) is 11.1. The fraction of sp³-hybridized carbons (Fsp3) is 0.609. The van der Waals surface area contributed by atoms with Gasteiger partial charge in [-0.2, -0.15) is 0 Å². The molecule has 174 valence electrons. The number of hydrogen-bond donors (Lipinski definition) is 1. The zero-order valence-electron chi connectivity index (χ0n) is 18.8. The predicted octanol–water partition coefficient (Wildman–Crippen LogP) is 2.82. The summed E-state index contributed by atoms with van der Waals surface area (Å²) in [7, 11) is 0. The van der Waals surface area contributed by atoms with E-state index in [1.165, 1.54) is 11.0 Å². The van der Waals surface area contributed by atoms with Gasteiger partial charge < -0.3 is 10.2 Å². The molecule has 0 aromatic heterocycles. The van der Waals surface area contributed by atoms with Crippen LogP contribution in [0.25, 0.3) is 0 Å². The molecule has 2 saturated heterocycles. The Morgan fingerprint density at radius 1 is 1.09 bits per heavy atom.